The van der Waals surface area contributed by atoms with Crippen molar-refractivity contribution in [2.24, 2.45) is 0 Å². The fourth-order valence-corrected chi connectivity index (χ4v) is 5.84. The van der Waals surface area contributed by atoms with Crippen molar-refractivity contribution in [2.75, 3.05) is 0 Å². The molecule has 0 amide bonds. The summed E-state index contributed by atoms with van der Waals surface area (Å²) in [5, 5.41) is 4.88. The van der Waals surface area contributed by atoms with Gasteiger partial charge in [0.05, 0.1) is 0 Å². The molecule has 1 heterocycles. The number of rotatable bonds is 5. The Hall–Kier alpha value is -6.11. The minimum atomic E-state index is 0.623. The third-order valence-electron chi connectivity index (χ3n) is 7.96. The number of benzene rings is 6. The first kappa shape index (κ1) is 25.6. The lowest BCUT2D eigenvalue weighted by Crippen LogP contribution is -2.00. The molecule has 0 saturated heterocycles. The van der Waals surface area contributed by atoms with Gasteiger partial charge in [-0.05, 0) is 86.3 Å². The number of hydrogen-bond acceptors (Lipinski definition) is 3. The summed E-state index contributed by atoms with van der Waals surface area (Å²) in [7, 11) is 0. The smallest absolute Gasteiger partial charge is 0.164 e. The van der Waals surface area contributed by atoms with Gasteiger partial charge in [-0.25, -0.2) is 15.0 Å². The summed E-state index contributed by atoms with van der Waals surface area (Å²) in [6, 6.07) is 58.4. The van der Waals surface area contributed by atoms with Crippen LogP contribution in [0.2, 0.25) is 0 Å². The Morgan fingerprint density at radius 1 is 0.364 bits per heavy atom. The largest absolute Gasteiger partial charge is 0.208 e. The van der Waals surface area contributed by atoms with Crippen LogP contribution in [0, 0.1) is 12.1 Å². The van der Waals surface area contributed by atoms with Crippen molar-refractivity contribution in [3.63, 3.8) is 0 Å². The van der Waals surface area contributed by atoms with Gasteiger partial charge in [0.15, 0.2) is 17.5 Å². The standard InChI is InChI=1S/C41H25N3/c1-4-14-28(15-5-1)32-24-33(38-27-31-20-10-11-21-35(31)36-22-12-13-23-37(36)38)26-34(25-32)41-43-39(29-16-6-2-7-17-29)42-40(44-41)30-18-8-3-9-19-30/h2-4,6-27H. The van der Waals surface area contributed by atoms with Gasteiger partial charge in [-0.15, -0.1) is 0 Å². The number of nitrogens with zero attached hydrogens (tertiary/aromatic N) is 3. The van der Waals surface area contributed by atoms with E-state index in [1.807, 2.05) is 72.8 Å². The van der Waals surface area contributed by atoms with Gasteiger partial charge in [0.25, 0.3) is 0 Å². The van der Waals surface area contributed by atoms with Crippen LogP contribution in [-0.2, 0) is 0 Å². The third-order valence-corrected chi connectivity index (χ3v) is 7.96. The highest BCUT2D eigenvalue weighted by molar-refractivity contribution is 6.14. The fourth-order valence-electron chi connectivity index (χ4n) is 5.84. The van der Waals surface area contributed by atoms with Gasteiger partial charge in [-0.2, -0.15) is 0 Å². The number of aromatic nitrogens is 3. The Kier molecular flexibility index (Phi) is 6.37. The molecule has 0 N–H and O–H groups in total. The van der Waals surface area contributed by atoms with Gasteiger partial charge in [0.2, 0.25) is 0 Å². The SMILES string of the molecule is c1ccc(-c2cc(-c3nc(-c4ccccc4)nc(-c4ccccc4)n3)cc(-c3cc4ccccc4c4ccccc34)c2)cc#1. The van der Waals surface area contributed by atoms with Crippen LogP contribution in [0.25, 0.3) is 78.0 Å². The second-order valence-corrected chi connectivity index (χ2v) is 10.7. The molecule has 0 atom stereocenters. The molecule has 0 fully saturated rings. The predicted molar refractivity (Wildman–Crippen MR) is 180 cm³/mol. The van der Waals surface area contributed by atoms with Crippen LogP contribution in [0.15, 0.2) is 152 Å². The summed E-state index contributed by atoms with van der Waals surface area (Å²) in [5.74, 6) is 1.90. The first-order chi connectivity index (χ1) is 21.8. The maximum Gasteiger partial charge on any atom is 0.164 e. The van der Waals surface area contributed by atoms with E-state index in [1.165, 1.54) is 21.5 Å². The number of hydrogen-bond donors (Lipinski definition) is 0. The second kappa shape index (κ2) is 10.9. The van der Waals surface area contributed by atoms with Crippen molar-refractivity contribution in [3.05, 3.63) is 164 Å². The molecule has 3 heteroatoms. The minimum absolute atomic E-state index is 0.623. The van der Waals surface area contributed by atoms with Crippen molar-refractivity contribution in [1.82, 2.24) is 15.0 Å². The highest BCUT2D eigenvalue weighted by Crippen LogP contribution is 2.38. The van der Waals surface area contributed by atoms with E-state index in [1.54, 1.807) is 0 Å². The maximum absolute atomic E-state index is 5.05. The summed E-state index contributed by atoms with van der Waals surface area (Å²) in [5.41, 5.74) is 7.17. The zero-order chi connectivity index (χ0) is 29.3. The molecule has 1 aromatic heterocycles. The Labute approximate surface area is 256 Å². The van der Waals surface area contributed by atoms with Crippen molar-refractivity contribution in [2.45, 2.75) is 0 Å². The zero-order valence-corrected chi connectivity index (χ0v) is 23.8. The molecule has 0 bridgehead atoms. The quantitative estimate of drug-likeness (QED) is 0.197. The van der Waals surface area contributed by atoms with Crippen LogP contribution < -0.4 is 0 Å². The lowest BCUT2D eigenvalue weighted by molar-refractivity contribution is 1.07. The van der Waals surface area contributed by atoms with E-state index < -0.39 is 0 Å². The van der Waals surface area contributed by atoms with E-state index in [0.29, 0.717) is 17.5 Å². The summed E-state index contributed by atoms with van der Waals surface area (Å²) in [6.45, 7) is 0. The molecule has 44 heavy (non-hydrogen) atoms. The van der Waals surface area contributed by atoms with Crippen LogP contribution in [0.1, 0.15) is 0 Å². The maximum atomic E-state index is 5.05. The molecule has 0 radical (unpaired) electrons. The van der Waals surface area contributed by atoms with Crippen molar-refractivity contribution < 1.29 is 0 Å². The summed E-state index contributed by atoms with van der Waals surface area (Å²) in [6.07, 6.45) is 0. The summed E-state index contributed by atoms with van der Waals surface area (Å²) >= 11 is 0. The summed E-state index contributed by atoms with van der Waals surface area (Å²) in [4.78, 5) is 15.0. The second-order valence-electron chi connectivity index (χ2n) is 10.7. The molecule has 0 unspecified atom stereocenters. The molecule has 8 aromatic rings. The molecule has 0 aliphatic heterocycles. The van der Waals surface area contributed by atoms with Crippen LogP contribution in [0.5, 0.6) is 0 Å². The average molecular weight is 560 g/mol. The molecule has 0 saturated carbocycles. The Bertz CT molecular complexity index is 2200. The molecule has 204 valence electrons. The van der Waals surface area contributed by atoms with Gasteiger partial charge in [0, 0.05) is 16.7 Å². The average Bonchev–Trinajstić information content (AvgIpc) is 3.12. The van der Waals surface area contributed by atoms with Crippen LogP contribution >= 0.6 is 0 Å². The van der Waals surface area contributed by atoms with E-state index in [0.717, 1.165) is 38.9 Å². The molecule has 0 aliphatic rings. The first-order valence-corrected chi connectivity index (χ1v) is 14.6. The molecular weight excluding hydrogens is 534 g/mol. The lowest BCUT2D eigenvalue weighted by Gasteiger charge is -2.15. The Balaban J connectivity index is 1.41. The van der Waals surface area contributed by atoms with E-state index in [4.69, 9.17) is 15.0 Å². The van der Waals surface area contributed by atoms with E-state index in [2.05, 4.69) is 91.0 Å². The van der Waals surface area contributed by atoms with Crippen molar-refractivity contribution >= 4 is 21.5 Å². The van der Waals surface area contributed by atoms with E-state index in [9.17, 15) is 0 Å². The molecular formula is C41H25N3. The lowest BCUT2D eigenvalue weighted by atomic mass is 9.90. The zero-order valence-electron chi connectivity index (χ0n) is 23.8. The molecule has 7 aromatic carbocycles. The third kappa shape index (κ3) is 4.75. The fraction of sp³-hybridized carbons (Fsp3) is 0. The normalized spacial score (nSPS) is 11.0. The van der Waals surface area contributed by atoms with E-state index in [-0.39, 0.29) is 0 Å². The molecule has 8 rings (SSSR count). The van der Waals surface area contributed by atoms with Crippen LogP contribution in [-0.4, -0.2) is 15.0 Å². The Morgan fingerprint density at radius 2 is 0.909 bits per heavy atom. The highest BCUT2D eigenvalue weighted by atomic mass is 15.0. The van der Waals surface area contributed by atoms with Crippen molar-refractivity contribution in [3.8, 4) is 56.4 Å². The topological polar surface area (TPSA) is 38.7 Å². The van der Waals surface area contributed by atoms with Gasteiger partial charge in [0.1, 0.15) is 0 Å². The first-order valence-electron chi connectivity index (χ1n) is 14.6. The van der Waals surface area contributed by atoms with E-state index >= 15 is 0 Å². The van der Waals surface area contributed by atoms with Crippen LogP contribution in [0.3, 0.4) is 0 Å². The van der Waals surface area contributed by atoms with Gasteiger partial charge in [-0.1, -0.05) is 121 Å². The minimum Gasteiger partial charge on any atom is -0.208 e. The highest BCUT2D eigenvalue weighted by Gasteiger charge is 2.16. The van der Waals surface area contributed by atoms with Gasteiger partial charge in [-0.3, -0.25) is 0 Å². The van der Waals surface area contributed by atoms with Gasteiger partial charge >= 0.3 is 0 Å². The Morgan fingerprint density at radius 3 is 1.57 bits per heavy atom. The molecule has 3 nitrogen and oxygen atoms in total. The summed E-state index contributed by atoms with van der Waals surface area (Å²) < 4.78 is 0. The molecule has 0 spiro atoms. The van der Waals surface area contributed by atoms with Crippen LogP contribution in [0.4, 0.5) is 0 Å². The predicted octanol–water partition coefficient (Wildman–Crippen LogP) is 10.1. The van der Waals surface area contributed by atoms with Gasteiger partial charge < -0.3 is 0 Å². The van der Waals surface area contributed by atoms with Crippen molar-refractivity contribution in [1.29, 1.82) is 0 Å². The number of fused-ring (bicyclic) bond motifs is 3. The monoisotopic (exact) mass is 559 g/mol. The molecule has 0 aliphatic carbocycles.